The van der Waals surface area contributed by atoms with Crippen molar-refractivity contribution in [1.82, 2.24) is 15.7 Å². The van der Waals surface area contributed by atoms with Crippen molar-refractivity contribution in [1.29, 1.82) is 0 Å². The van der Waals surface area contributed by atoms with E-state index in [2.05, 4.69) is 49.5 Å². The van der Waals surface area contributed by atoms with Crippen LogP contribution in [0.1, 0.15) is 69.9 Å². The molecule has 33 heavy (non-hydrogen) atoms. The first-order valence-corrected chi connectivity index (χ1v) is 14.4. The van der Waals surface area contributed by atoms with Gasteiger partial charge in [0.15, 0.2) is 8.32 Å². The molecule has 1 aliphatic carbocycles. The van der Waals surface area contributed by atoms with Crippen LogP contribution < -0.4 is 11.2 Å². The van der Waals surface area contributed by atoms with Crippen molar-refractivity contribution >= 4 is 14.2 Å². The van der Waals surface area contributed by atoms with Gasteiger partial charge in [0.25, 0.3) is 5.91 Å². The van der Waals surface area contributed by atoms with Crippen molar-refractivity contribution in [3.8, 4) is 0 Å². The maximum absolute atomic E-state index is 11.7. The van der Waals surface area contributed by atoms with Crippen molar-refractivity contribution in [3.05, 3.63) is 59.5 Å². The van der Waals surface area contributed by atoms with Gasteiger partial charge in [0, 0.05) is 5.92 Å². The van der Waals surface area contributed by atoms with Crippen LogP contribution in [0, 0.1) is 5.92 Å². The molecule has 8 nitrogen and oxygen atoms in total. The predicted molar refractivity (Wildman–Crippen MR) is 126 cm³/mol. The van der Waals surface area contributed by atoms with Gasteiger partial charge in [0.1, 0.15) is 11.6 Å². The molecule has 0 saturated heterocycles. The number of benzene rings is 1. The highest BCUT2D eigenvalue weighted by molar-refractivity contribution is 6.74. The third-order valence-corrected chi connectivity index (χ3v) is 12.0. The fraction of sp³-hybridized carbons (Fsp3) is 0.542. The van der Waals surface area contributed by atoms with E-state index >= 15 is 0 Å². The number of nitrogens with zero attached hydrogens (tertiary/aromatic N) is 2. The van der Waals surface area contributed by atoms with Crippen LogP contribution in [0.25, 0.3) is 0 Å². The number of aromatic nitrogens is 2. The molecule has 2 atom stereocenters. The molecule has 4 rings (SSSR count). The van der Waals surface area contributed by atoms with Crippen LogP contribution in [0.4, 0.5) is 0 Å². The zero-order valence-electron chi connectivity index (χ0n) is 20.2. The Labute approximate surface area is 196 Å². The van der Waals surface area contributed by atoms with Crippen LogP contribution in [0.5, 0.6) is 0 Å². The van der Waals surface area contributed by atoms with Crippen LogP contribution in [-0.4, -0.2) is 24.4 Å². The smallest absolute Gasteiger partial charge is 0.286 e. The number of amides is 1. The Morgan fingerprint density at radius 1 is 1.24 bits per heavy atom. The van der Waals surface area contributed by atoms with E-state index in [1.807, 2.05) is 37.3 Å². The minimum absolute atomic E-state index is 0.102. The van der Waals surface area contributed by atoms with Gasteiger partial charge < -0.3 is 19.4 Å². The maximum atomic E-state index is 11.7. The summed E-state index contributed by atoms with van der Waals surface area (Å²) in [5, 5.41) is 8.72. The molecule has 2 aromatic rings. The van der Waals surface area contributed by atoms with Crippen LogP contribution in [-0.2, 0) is 19.6 Å². The summed E-state index contributed by atoms with van der Waals surface area (Å²) in [6.45, 7) is 13.0. The lowest BCUT2D eigenvalue weighted by Gasteiger charge is -2.44. The molecule has 1 aromatic carbocycles. The summed E-state index contributed by atoms with van der Waals surface area (Å²) in [5.74, 6) is 1.03. The van der Waals surface area contributed by atoms with Crippen LogP contribution in [0.15, 0.2) is 46.6 Å². The molecule has 2 heterocycles. The number of hydrogen-bond acceptors (Lipinski definition) is 7. The Hall–Kier alpha value is -2.49. The van der Waals surface area contributed by atoms with Crippen molar-refractivity contribution in [2.45, 2.75) is 76.2 Å². The largest absolute Gasteiger partial charge is 0.422 e. The summed E-state index contributed by atoms with van der Waals surface area (Å²) < 4.78 is 12.5. The second-order valence-electron chi connectivity index (χ2n) is 10.7. The van der Waals surface area contributed by atoms with E-state index in [1.54, 1.807) is 6.08 Å². The fourth-order valence-corrected chi connectivity index (χ4v) is 5.59. The quantitative estimate of drug-likeness (QED) is 0.575. The van der Waals surface area contributed by atoms with Gasteiger partial charge in [0.05, 0.1) is 0 Å². The number of nitrogens with one attached hydrogen (secondary N) is 1. The topological polar surface area (TPSA) is 112 Å². The number of carbonyl (C=O) groups is 1. The molecule has 0 unspecified atom stereocenters. The molecule has 178 valence electrons. The second-order valence-corrected chi connectivity index (χ2v) is 15.4. The molecule has 9 heteroatoms. The lowest BCUT2D eigenvalue weighted by molar-refractivity contribution is -0.119. The van der Waals surface area contributed by atoms with Crippen molar-refractivity contribution in [3.63, 3.8) is 0 Å². The van der Waals surface area contributed by atoms with Crippen molar-refractivity contribution < 1.29 is 18.5 Å². The summed E-state index contributed by atoms with van der Waals surface area (Å²) in [6.07, 6.45) is 3.18. The molecule has 3 N–H and O–H groups in total. The zero-order valence-corrected chi connectivity index (χ0v) is 21.2. The Morgan fingerprint density at radius 3 is 2.48 bits per heavy atom. The first-order chi connectivity index (χ1) is 15.4. The molecular formula is C24H34N4O4Si. The average molecular weight is 471 g/mol. The van der Waals surface area contributed by atoms with E-state index in [0.717, 1.165) is 18.4 Å². The van der Waals surface area contributed by atoms with Crippen LogP contribution in [0.3, 0.4) is 0 Å². The van der Waals surface area contributed by atoms with Crippen molar-refractivity contribution in [2.75, 3.05) is 0 Å². The summed E-state index contributed by atoms with van der Waals surface area (Å²) in [6, 6.07) is 9.95. The van der Waals surface area contributed by atoms with Gasteiger partial charge >= 0.3 is 0 Å². The number of carbonyl (C=O) groups excluding carboxylic acids is 1. The highest BCUT2D eigenvalue weighted by Gasteiger charge is 2.51. The monoisotopic (exact) mass is 470 g/mol. The van der Waals surface area contributed by atoms with E-state index < -0.39 is 19.8 Å². The molecule has 1 fully saturated rings. The Kier molecular flexibility index (Phi) is 6.00. The van der Waals surface area contributed by atoms with Crippen LogP contribution >= 0.6 is 0 Å². The molecule has 1 aliphatic heterocycles. The summed E-state index contributed by atoms with van der Waals surface area (Å²) >= 11 is 0. The first kappa shape index (κ1) is 23.7. The normalized spacial score (nSPS) is 26.3. The van der Waals surface area contributed by atoms with Crippen LogP contribution in [0.2, 0.25) is 18.1 Å². The number of hydrogen-bond donors (Lipinski definition) is 2. The molecule has 1 amide bonds. The SMILES string of the molecule is C[C@@H](O[Si](C)(C)C(C)(C)C)c1nnc(C2CC([C@@]3(c4ccccc4)C=C(C(N)=O)ON3)C2)o1. The van der Waals surface area contributed by atoms with E-state index in [1.165, 1.54) is 0 Å². The number of nitrogens with two attached hydrogens (primary N) is 1. The second kappa shape index (κ2) is 8.38. The van der Waals surface area contributed by atoms with E-state index in [0.29, 0.717) is 11.8 Å². The van der Waals surface area contributed by atoms with Gasteiger partial charge in [0.2, 0.25) is 17.5 Å². The molecule has 1 saturated carbocycles. The highest BCUT2D eigenvalue weighted by atomic mass is 28.4. The Balaban J connectivity index is 1.48. The van der Waals surface area contributed by atoms with E-state index in [-0.39, 0.29) is 28.7 Å². The lowest BCUT2D eigenvalue weighted by atomic mass is 9.62. The van der Waals surface area contributed by atoms with E-state index in [9.17, 15) is 4.79 Å². The molecule has 1 aromatic heterocycles. The van der Waals surface area contributed by atoms with Gasteiger partial charge in [-0.05, 0) is 55.5 Å². The zero-order chi connectivity index (χ0) is 24.0. The summed E-state index contributed by atoms with van der Waals surface area (Å²) in [4.78, 5) is 17.2. The third kappa shape index (κ3) is 4.37. The predicted octanol–water partition coefficient (Wildman–Crippen LogP) is 4.45. The number of rotatable bonds is 7. The Bertz CT molecular complexity index is 1040. The maximum Gasteiger partial charge on any atom is 0.286 e. The minimum Gasteiger partial charge on any atom is -0.422 e. The minimum atomic E-state index is -1.95. The number of primary amides is 1. The molecule has 0 bridgehead atoms. The fourth-order valence-electron chi connectivity index (χ4n) is 4.26. The number of hydroxylamine groups is 1. The van der Waals surface area contributed by atoms with Gasteiger partial charge in [-0.2, -0.15) is 0 Å². The van der Waals surface area contributed by atoms with Crippen molar-refractivity contribution in [2.24, 2.45) is 11.7 Å². The van der Waals surface area contributed by atoms with E-state index in [4.69, 9.17) is 19.4 Å². The van der Waals surface area contributed by atoms with Gasteiger partial charge in [-0.15, -0.1) is 15.7 Å². The lowest BCUT2D eigenvalue weighted by Crippen LogP contribution is -2.48. The molecule has 0 spiro atoms. The summed E-state index contributed by atoms with van der Waals surface area (Å²) in [5.41, 5.74) is 8.94. The van der Waals surface area contributed by atoms with Gasteiger partial charge in [-0.25, -0.2) is 0 Å². The molecule has 0 radical (unpaired) electrons. The standard InChI is InChI=1S/C24H34N4O4Si/c1-15(32-33(5,6)23(2,3)4)21-26-27-22(30-21)16-12-18(13-16)24(17-10-8-7-9-11-17)14-19(20(25)29)31-28-24/h7-11,14-16,18,28H,12-13H2,1-6H3,(H2,25,29)/t15-,16?,18?,24+/m1/s1. The molecule has 2 aliphatic rings. The average Bonchev–Trinajstić information content (AvgIpc) is 3.35. The summed E-state index contributed by atoms with van der Waals surface area (Å²) in [7, 11) is -1.95. The third-order valence-electron chi connectivity index (χ3n) is 7.40. The van der Waals surface area contributed by atoms with Gasteiger partial charge in [-0.3, -0.25) is 4.79 Å². The first-order valence-electron chi connectivity index (χ1n) is 11.5. The Morgan fingerprint density at radius 2 is 1.91 bits per heavy atom. The highest BCUT2D eigenvalue weighted by Crippen LogP contribution is 2.52. The van der Waals surface area contributed by atoms with Gasteiger partial charge in [-0.1, -0.05) is 51.1 Å². The molecular weight excluding hydrogens is 436 g/mol.